The molecular formula is C19H23NO. The smallest absolute Gasteiger partial charge is 0.119 e. The summed E-state index contributed by atoms with van der Waals surface area (Å²) in [5.74, 6) is 0.929. The zero-order valence-corrected chi connectivity index (χ0v) is 12.6. The Morgan fingerprint density at radius 2 is 1.71 bits per heavy atom. The Morgan fingerprint density at radius 3 is 2.38 bits per heavy atom. The number of aryl methyl sites for hydroxylation is 1. The molecule has 0 unspecified atom stereocenters. The standard InChI is InChI=1S/C19H23NO/c1-2-21-19-14-10-17(11-15-19)7-5-3-4-6-16-8-12-18(20)13-9-16/h5,7-15H,2-4,6,20H2,1H3/b7-5+. The monoisotopic (exact) mass is 281 g/mol. The van der Waals surface area contributed by atoms with Crippen LogP contribution in [0.4, 0.5) is 5.69 Å². The summed E-state index contributed by atoms with van der Waals surface area (Å²) in [6, 6.07) is 16.3. The molecule has 0 bridgehead atoms. The van der Waals surface area contributed by atoms with E-state index in [4.69, 9.17) is 10.5 Å². The first-order valence-corrected chi connectivity index (χ1v) is 7.52. The predicted molar refractivity (Wildman–Crippen MR) is 90.4 cm³/mol. The van der Waals surface area contributed by atoms with Gasteiger partial charge < -0.3 is 10.5 Å². The molecule has 0 atom stereocenters. The van der Waals surface area contributed by atoms with Gasteiger partial charge in [-0.15, -0.1) is 0 Å². The highest BCUT2D eigenvalue weighted by molar-refractivity contribution is 5.50. The van der Waals surface area contributed by atoms with Gasteiger partial charge in [0.05, 0.1) is 6.61 Å². The Hall–Kier alpha value is -2.22. The Kier molecular flexibility index (Phi) is 5.89. The second-order valence-corrected chi connectivity index (χ2v) is 5.04. The summed E-state index contributed by atoms with van der Waals surface area (Å²) in [5.41, 5.74) is 9.06. The van der Waals surface area contributed by atoms with Crippen LogP contribution in [-0.4, -0.2) is 6.61 Å². The van der Waals surface area contributed by atoms with Gasteiger partial charge in [0.2, 0.25) is 0 Å². The molecular weight excluding hydrogens is 258 g/mol. The second kappa shape index (κ2) is 8.15. The maximum atomic E-state index is 5.68. The fourth-order valence-corrected chi connectivity index (χ4v) is 2.17. The molecule has 0 aromatic heterocycles. The van der Waals surface area contributed by atoms with Gasteiger partial charge in [-0.2, -0.15) is 0 Å². The molecule has 21 heavy (non-hydrogen) atoms. The minimum absolute atomic E-state index is 0.709. The van der Waals surface area contributed by atoms with Gasteiger partial charge in [0.25, 0.3) is 0 Å². The van der Waals surface area contributed by atoms with Crippen LogP contribution in [0.1, 0.15) is 30.9 Å². The highest BCUT2D eigenvalue weighted by atomic mass is 16.5. The van der Waals surface area contributed by atoms with Crippen LogP contribution in [0.3, 0.4) is 0 Å². The minimum Gasteiger partial charge on any atom is -0.494 e. The summed E-state index contributed by atoms with van der Waals surface area (Å²) < 4.78 is 5.43. The van der Waals surface area contributed by atoms with Crippen molar-refractivity contribution >= 4 is 11.8 Å². The van der Waals surface area contributed by atoms with Crippen molar-refractivity contribution < 1.29 is 4.74 Å². The van der Waals surface area contributed by atoms with Gasteiger partial charge in [-0.05, 0) is 61.6 Å². The topological polar surface area (TPSA) is 35.2 Å². The molecule has 0 aliphatic rings. The number of allylic oxidation sites excluding steroid dienone is 1. The van der Waals surface area contributed by atoms with E-state index in [-0.39, 0.29) is 0 Å². The summed E-state index contributed by atoms with van der Waals surface area (Å²) in [6.07, 6.45) is 7.72. The summed E-state index contributed by atoms with van der Waals surface area (Å²) in [6.45, 7) is 2.70. The highest BCUT2D eigenvalue weighted by Gasteiger charge is 1.93. The predicted octanol–water partition coefficient (Wildman–Crippen LogP) is 4.70. The molecule has 2 nitrogen and oxygen atoms in total. The Labute approximate surface area is 127 Å². The molecule has 0 amide bonds. The lowest BCUT2D eigenvalue weighted by Crippen LogP contribution is -1.90. The highest BCUT2D eigenvalue weighted by Crippen LogP contribution is 2.14. The van der Waals surface area contributed by atoms with E-state index in [0.717, 1.165) is 30.7 Å². The molecule has 2 heteroatoms. The van der Waals surface area contributed by atoms with Crippen LogP contribution in [0.25, 0.3) is 6.08 Å². The summed E-state index contributed by atoms with van der Waals surface area (Å²) in [5, 5.41) is 0. The van der Waals surface area contributed by atoms with Crippen LogP contribution in [0.5, 0.6) is 5.75 Å². The van der Waals surface area contributed by atoms with E-state index in [2.05, 4.69) is 36.4 Å². The molecule has 0 spiro atoms. The van der Waals surface area contributed by atoms with Crippen LogP contribution < -0.4 is 10.5 Å². The Balaban J connectivity index is 1.73. The Bertz CT molecular complexity index is 555. The summed E-state index contributed by atoms with van der Waals surface area (Å²) in [4.78, 5) is 0. The number of ether oxygens (including phenoxy) is 1. The molecule has 0 radical (unpaired) electrons. The van der Waals surface area contributed by atoms with E-state index in [1.54, 1.807) is 0 Å². The number of unbranched alkanes of at least 4 members (excludes halogenated alkanes) is 1. The SMILES string of the molecule is CCOc1ccc(/C=C/CCCc2ccc(N)cc2)cc1. The van der Waals surface area contributed by atoms with E-state index in [1.165, 1.54) is 11.1 Å². The minimum atomic E-state index is 0.709. The van der Waals surface area contributed by atoms with Gasteiger partial charge >= 0.3 is 0 Å². The van der Waals surface area contributed by atoms with Crippen LogP contribution in [0.15, 0.2) is 54.6 Å². The molecule has 2 N–H and O–H groups in total. The van der Waals surface area contributed by atoms with Gasteiger partial charge in [-0.25, -0.2) is 0 Å². The number of hydrogen-bond acceptors (Lipinski definition) is 2. The normalized spacial score (nSPS) is 10.9. The van der Waals surface area contributed by atoms with E-state index < -0.39 is 0 Å². The molecule has 2 rings (SSSR count). The fourth-order valence-electron chi connectivity index (χ4n) is 2.17. The number of hydrogen-bond donors (Lipinski definition) is 1. The largest absolute Gasteiger partial charge is 0.494 e. The lowest BCUT2D eigenvalue weighted by Gasteiger charge is -2.02. The van der Waals surface area contributed by atoms with E-state index in [0.29, 0.717) is 6.61 Å². The molecule has 2 aromatic rings. The van der Waals surface area contributed by atoms with Crippen molar-refractivity contribution in [3.8, 4) is 5.75 Å². The summed E-state index contributed by atoms with van der Waals surface area (Å²) in [7, 11) is 0. The molecule has 0 heterocycles. The van der Waals surface area contributed by atoms with Gasteiger partial charge in [-0.3, -0.25) is 0 Å². The van der Waals surface area contributed by atoms with Crippen molar-refractivity contribution in [3.05, 3.63) is 65.7 Å². The van der Waals surface area contributed by atoms with Crippen molar-refractivity contribution in [1.29, 1.82) is 0 Å². The van der Waals surface area contributed by atoms with Crippen molar-refractivity contribution in [2.75, 3.05) is 12.3 Å². The number of anilines is 1. The number of nitrogens with two attached hydrogens (primary N) is 1. The third-order valence-corrected chi connectivity index (χ3v) is 3.32. The number of rotatable bonds is 7. The number of nitrogen functional groups attached to an aromatic ring is 1. The van der Waals surface area contributed by atoms with Crippen LogP contribution in [0.2, 0.25) is 0 Å². The fraction of sp³-hybridized carbons (Fsp3) is 0.263. The van der Waals surface area contributed by atoms with Gasteiger partial charge in [0, 0.05) is 5.69 Å². The molecule has 0 saturated carbocycles. The zero-order valence-electron chi connectivity index (χ0n) is 12.6. The molecule has 2 aromatic carbocycles. The lowest BCUT2D eigenvalue weighted by atomic mass is 10.1. The molecule has 0 aliphatic carbocycles. The third-order valence-electron chi connectivity index (χ3n) is 3.32. The molecule has 0 aliphatic heterocycles. The van der Waals surface area contributed by atoms with Gasteiger partial charge in [0.1, 0.15) is 5.75 Å². The average Bonchev–Trinajstić information content (AvgIpc) is 2.51. The first-order chi connectivity index (χ1) is 10.3. The lowest BCUT2D eigenvalue weighted by molar-refractivity contribution is 0.340. The van der Waals surface area contributed by atoms with Crippen molar-refractivity contribution in [2.45, 2.75) is 26.2 Å². The summed E-state index contributed by atoms with van der Waals surface area (Å²) >= 11 is 0. The van der Waals surface area contributed by atoms with E-state index >= 15 is 0 Å². The van der Waals surface area contributed by atoms with Crippen LogP contribution in [-0.2, 0) is 6.42 Å². The van der Waals surface area contributed by atoms with Crippen molar-refractivity contribution in [3.63, 3.8) is 0 Å². The Morgan fingerprint density at radius 1 is 1.00 bits per heavy atom. The third kappa shape index (κ3) is 5.35. The van der Waals surface area contributed by atoms with Gasteiger partial charge in [-0.1, -0.05) is 36.4 Å². The van der Waals surface area contributed by atoms with E-state index in [1.807, 2.05) is 31.2 Å². The molecule has 0 saturated heterocycles. The maximum absolute atomic E-state index is 5.68. The van der Waals surface area contributed by atoms with E-state index in [9.17, 15) is 0 Å². The average molecular weight is 281 g/mol. The number of benzene rings is 2. The van der Waals surface area contributed by atoms with Crippen molar-refractivity contribution in [2.24, 2.45) is 0 Å². The molecule has 0 fully saturated rings. The maximum Gasteiger partial charge on any atom is 0.119 e. The van der Waals surface area contributed by atoms with Gasteiger partial charge in [0.15, 0.2) is 0 Å². The van der Waals surface area contributed by atoms with Crippen LogP contribution >= 0.6 is 0 Å². The molecule has 110 valence electrons. The van der Waals surface area contributed by atoms with Crippen molar-refractivity contribution in [1.82, 2.24) is 0 Å². The first-order valence-electron chi connectivity index (χ1n) is 7.52. The zero-order chi connectivity index (χ0) is 14.9. The quantitative estimate of drug-likeness (QED) is 0.589. The second-order valence-electron chi connectivity index (χ2n) is 5.04. The first kappa shape index (κ1) is 15.2. The van der Waals surface area contributed by atoms with Crippen LogP contribution in [0, 0.1) is 0 Å².